The first-order chi connectivity index (χ1) is 31.7. The van der Waals surface area contributed by atoms with Gasteiger partial charge in [0.05, 0.1) is 11.4 Å². The minimum atomic E-state index is 1.10. The Labute approximate surface area is 375 Å². The molecule has 0 aromatic heterocycles. The fourth-order valence-electron chi connectivity index (χ4n) is 9.09. The highest BCUT2D eigenvalue weighted by molar-refractivity contribution is 6.00. The van der Waals surface area contributed by atoms with Gasteiger partial charge in [0, 0.05) is 33.5 Å². The average Bonchev–Trinajstić information content (AvgIpc) is 3.38. The molecule has 0 aliphatic carbocycles. The number of rotatable bonds is 10. The van der Waals surface area contributed by atoms with Crippen LogP contribution in [0.3, 0.4) is 0 Å². The third-order valence-electron chi connectivity index (χ3n) is 12.3. The molecule has 0 fully saturated rings. The molecule has 11 rings (SSSR count). The number of nitrogens with zero attached hydrogens (tertiary/aromatic N) is 2. The van der Waals surface area contributed by atoms with E-state index in [0.29, 0.717) is 0 Å². The Hall–Kier alpha value is -8.46. The zero-order valence-corrected chi connectivity index (χ0v) is 35.3. The molecule has 64 heavy (non-hydrogen) atoms. The third-order valence-corrected chi connectivity index (χ3v) is 12.3. The summed E-state index contributed by atoms with van der Waals surface area (Å²) in [5.41, 5.74) is 16.2. The Morgan fingerprint density at radius 3 is 0.844 bits per heavy atom. The molecule has 0 amide bonds. The number of hydrogen-bond acceptors (Lipinski definition) is 2. The van der Waals surface area contributed by atoms with Gasteiger partial charge in [0.25, 0.3) is 0 Å². The zero-order chi connectivity index (χ0) is 42.7. The van der Waals surface area contributed by atoms with Crippen LogP contribution in [0.2, 0.25) is 0 Å². The number of hydrogen-bond donors (Lipinski definition) is 0. The van der Waals surface area contributed by atoms with Gasteiger partial charge in [0.1, 0.15) is 0 Å². The Balaban J connectivity index is 0.946. The van der Waals surface area contributed by atoms with Crippen LogP contribution in [0, 0.1) is 0 Å². The predicted octanol–water partition coefficient (Wildman–Crippen LogP) is 17.6. The molecule has 0 saturated heterocycles. The zero-order valence-electron chi connectivity index (χ0n) is 35.3. The summed E-state index contributed by atoms with van der Waals surface area (Å²) in [6.45, 7) is 0. The van der Waals surface area contributed by atoms with Crippen molar-refractivity contribution in [1.82, 2.24) is 0 Å². The fraction of sp³-hybridized carbons (Fsp3) is 0. The second kappa shape index (κ2) is 17.1. The van der Waals surface area contributed by atoms with E-state index in [0.717, 1.165) is 45.3 Å². The van der Waals surface area contributed by atoms with E-state index in [-0.39, 0.29) is 0 Å². The minimum Gasteiger partial charge on any atom is -0.310 e. The molecule has 0 radical (unpaired) electrons. The maximum Gasteiger partial charge on any atom is 0.0540 e. The summed E-state index contributed by atoms with van der Waals surface area (Å²) in [5, 5.41) is 4.84. The molecule has 2 nitrogen and oxygen atoms in total. The van der Waals surface area contributed by atoms with Gasteiger partial charge in [-0.15, -0.1) is 0 Å². The molecule has 0 saturated carbocycles. The largest absolute Gasteiger partial charge is 0.310 e. The molecule has 11 aromatic carbocycles. The molecule has 0 aliphatic rings. The van der Waals surface area contributed by atoms with Crippen LogP contribution >= 0.6 is 0 Å². The van der Waals surface area contributed by atoms with Gasteiger partial charge in [-0.25, -0.2) is 0 Å². The van der Waals surface area contributed by atoms with Crippen LogP contribution in [0.15, 0.2) is 267 Å². The van der Waals surface area contributed by atoms with Crippen molar-refractivity contribution in [3.8, 4) is 44.5 Å². The van der Waals surface area contributed by atoms with Crippen LogP contribution in [0.4, 0.5) is 34.1 Å². The Bertz CT molecular complexity index is 3100. The summed E-state index contributed by atoms with van der Waals surface area (Å²) in [7, 11) is 0. The summed E-state index contributed by atoms with van der Waals surface area (Å²) >= 11 is 0. The van der Waals surface area contributed by atoms with E-state index in [2.05, 4.69) is 277 Å². The van der Waals surface area contributed by atoms with E-state index in [1.54, 1.807) is 0 Å². The first-order valence-electron chi connectivity index (χ1n) is 21.9. The second-order valence-corrected chi connectivity index (χ2v) is 16.1. The lowest BCUT2D eigenvalue weighted by Gasteiger charge is -2.27. The monoisotopic (exact) mass is 816 g/mol. The first kappa shape index (κ1) is 38.5. The van der Waals surface area contributed by atoms with Crippen LogP contribution in [0.5, 0.6) is 0 Å². The van der Waals surface area contributed by atoms with Crippen molar-refractivity contribution in [2.24, 2.45) is 0 Å². The van der Waals surface area contributed by atoms with E-state index < -0.39 is 0 Å². The maximum absolute atomic E-state index is 2.38. The molecule has 0 N–H and O–H groups in total. The van der Waals surface area contributed by atoms with E-state index >= 15 is 0 Å². The number of fused-ring (bicyclic) bond motifs is 2. The van der Waals surface area contributed by atoms with E-state index in [9.17, 15) is 0 Å². The van der Waals surface area contributed by atoms with Crippen molar-refractivity contribution in [3.05, 3.63) is 267 Å². The van der Waals surface area contributed by atoms with Crippen LogP contribution in [-0.4, -0.2) is 0 Å². The van der Waals surface area contributed by atoms with Gasteiger partial charge in [0.2, 0.25) is 0 Å². The van der Waals surface area contributed by atoms with Gasteiger partial charge in [-0.2, -0.15) is 0 Å². The van der Waals surface area contributed by atoms with Crippen molar-refractivity contribution in [3.63, 3.8) is 0 Å². The third kappa shape index (κ3) is 7.48. The van der Waals surface area contributed by atoms with Gasteiger partial charge >= 0.3 is 0 Å². The highest BCUT2D eigenvalue weighted by Crippen LogP contribution is 2.43. The molecule has 11 aromatic rings. The SMILES string of the molecule is c1ccc(-c2ccc(N(c3ccc(-c4ccccc4-c4ccc(N(c5ccc(-c6ccccc6)cc5)c5cccc6ccccc56)cc4)cc3)c3cccc4ccccc34)cc2)cc1. The van der Waals surface area contributed by atoms with Gasteiger partial charge < -0.3 is 9.80 Å². The normalized spacial score (nSPS) is 11.1. The number of anilines is 6. The molecule has 0 atom stereocenters. The summed E-state index contributed by atoms with van der Waals surface area (Å²) < 4.78 is 0. The smallest absolute Gasteiger partial charge is 0.0540 e. The highest BCUT2D eigenvalue weighted by Gasteiger charge is 2.19. The van der Waals surface area contributed by atoms with Crippen LogP contribution < -0.4 is 9.80 Å². The summed E-state index contributed by atoms with van der Waals surface area (Å²) in [6.07, 6.45) is 0. The molecule has 0 spiro atoms. The Morgan fingerprint density at radius 1 is 0.188 bits per heavy atom. The lowest BCUT2D eigenvalue weighted by atomic mass is 9.94. The first-order valence-corrected chi connectivity index (χ1v) is 21.9. The average molecular weight is 817 g/mol. The molecular formula is C62H44N2. The predicted molar refractivity (Wildman–Crippen MR) is 273 cm³/mol. The maximum atomic E-state index is 2.38. The van der Waals surface area contributed by atoms with Gasteiger partial charge in [0.15, 0.2) is 0 Å². The van der Waals surface area contributed by atoms with Gasteiger partial charge in [-0.05, 0) is 116 Å². The van der Waals surface area contributed by atoms with Crippen molar-refractivity contribution >= 4 is 55.7 Å². The van der Waals surface area contributed by atoms with Crippen molar-refractivity contribution in [2.75, 3.05) is 9.80 Å². The van der Waals surface area contributed by atoms with Crippen molar-refractivity contribution in [2.45, 2.75) is 0 Å². The van der Waals surface area contributed by atoms with Crippen LogP contribution in [0.1, 0.15) is 0 Å². The standard InChI is InChI=1S/C62H44N2/c1-3-15-45(16-4-1)47-29-37-53(38-30-47)63(61-27-13-21-49-19-7-9-25-59(49)61)55-41-33-51(34-42-55)57-23-11-12-24-58(57)52-35-43-56(44-36-52)64(62-28-14-22-50-20-8-10-26-60(50)62)54-39-31-48(32-40-54)46-17-5-2-6-18-46/h1-44H. The molecule has 0 bridgehead atoms. The van der Waals surface area contributed by atoms with Crippen molar-refractivity contribution in [1.29, 1.82) is 0 Å². The van der Waals surface area contributed by atoms with Crippen LogP contribution in [-0.2, 0) is 0 Å². The molecular weight excluding hydrogens is 773 g/mol. The van der Waals surface area contributed by atoms with Gasteiger partial charge in [-0.3, -0.25) is 0 Å². The number of benzene rings is 11. The topological polar surface area (TPSA) is 6.48 Å². The van der Waals surface area contributed by atoms with Crippen LogP contribution in [0.25, 0.3) is 66.1 Å². The lowest BCUT2D eigenvalue weighted by molar-refractivity contribution is 1.30. The van der Waals surface area contributed by atoms with E-state index in [1.165, 1.54) is 54.9 Å². The van der Waals surface area contributed by atoms with E-state index in [1.807, 2.05) is 0 Å². The molecule has 0 aliphatic heterocycles. The summed E-state index contributed by atoms with van der Waals surface area (Å²) in [5.74, 6) is 0. The van der Waals surface area contributed by atoms with Crippen molar-refractivity contribution < 1.29 is 0 Å². The summed E-state index contributed by atoms with van der Waals surface area (Å²) in [4.78, 5) is 4.75. The van der Waals surface area contributed by atoms with Gasteiger partial charge in [-0.1, -0.05) is 206 Å². The Kier molecular flexibility index (Phi) is 10.3. The quantitative estimate of drug-likeness (QED) is 0.136. The van der Waals surface area contributed by atoms with E-state index in [4.69, 9.17) is 0 Å². The molecule has 302 valence electrons. The molecule has 2 heteroatoms. The molecule has 0 heterocycles. The summed E-state index contributed by atoms with van der Waals surface area (Å²) in [6, 6.07) is 96.2. The highest BCUT2D eigenvalue weighted by atomic mass is 15.1. The second-order valence-electron chi connectivity index (χ2n) is 16.1. The Morgan fingerprint density at radius 2 is 0.469 bits per heavy atom. The lowest BCUT2D eigenvalue weighted by Crippen LogP contribution is -2.10. The minimum absolute atomic E-state index is 1.10. The fourth-order valence-corrected chi connectivity index (χ4v) is 9.09. The molecule has 0 unspecified atom stereocenters.